The molecule has 1 rings (SSSR count). The number of carboxylic acid groups (broad SMARTS) is 1. The number of amides is 2. The molecular formula is C13H15ClN2O5. The molecule has 8 heteroatoms. The lowest BCUT2D eigenvalue weighted by molar-refractivity contribution is -0.143. The van der Waals surface area contributed by atoms with Gasteiger partial charge in [0.25, 0.3) is 0 Å². The predicted octanol–water partition coefficient (Wildman–Crippen LogP) is 2.06. The Morgan fingerprint density at radius 3 is 2.62 bits per heavy atom. The molecule has 2 N–H and O–H groups in total. The van der Waals surface area contributed by atoms with Crippen molar-refractivity contribution < 1.29 is 24.2 Å². The molecule has 1 aromatic rings. The first kappa shape index (κ1) is 16.8. The normalized spacial score (nSPS) is 9.86. The van der Waals surface area contributed by atoms with Gasteiger partial charge in [0.15, 0.2) is 0 Å². The van der Waals surface area contributed by atoms with Crippen LogP contribution in [0.15, 0.2) is 18.2 Å². The Hall–Kier alpha value is -2.28. The van der Waals surface area contributed by atoms with Gasteiger partial charge in [-0.25, -0.2) is 9.59 Å². The molecule has 0 spiro atoms. The number of benzene rings is 1. The Morgan fingerprint density at radius 1 is 1.38 bits per heavy atom. The molecule has 0 saturated carbocycles. The molecule has 0 saturated heterocycles. The maximum atomic E-state index is 11.9. The number of aromatic carboxylic acids is 1. The molecule has 0 unspecified atom stereocenters. The third-order valence-corrected chi connectivity index (χ3v) is 2.80. The standard InChI is InChI=1S/C13H15ClN2O5/c1-3-21-10(17)7-16(2)13(20)15-9-6-4-5-8(14)11(9)12(18)19/h4-6H,3,7H2,1-2H3,(H,15,20)(H,18,19). The average Bonchev–Trinajstić information content (AvgIpc) is 2.38. The molecule has 0 aliphatic heterocycles. The van der Waals surface area contributed by atoms with E-state index in [1.807, 2.05) is 0 Å². The fourth-order valence-corrected chi connectivity index (χ4v) is 1.78. The summed E-state index contributed by atoms with van der Waals surface area (Å²) in [6.45, 7) is 1.62. The molecule has 0 radical (unpaired) electrons. The van der Waals surface area contributed by atoms with Crippen molar-refractivity contribution in [3.63, 3.8) is 0 Å². The van der Waals surface area contributed by atoms with E-state index in [-0.39, 0.29) is 29.4 Å². The smallest absolute Gasteiger partial charge is 0.339 e. The molecular weight excluding hydrogens is 300 g/mol. The first-order valence-corrected chi connectivity index (χ1v) is 6.44. The second kappa shape index (κ2) is 7.49. The Balaban J connectivity index is 2.82. The van der Waals surface area contributed by atoms with E-state index in [4.69, 9.17) is 21.4 Å². The van der Waals surface area contributed by atoms with E-state index >= 15 is 0 Å². The quantitative estimate of drug-likeness (QED) is 0.811. The number of esters is 1. The van der Waals surface area contributed by atoms with Crippen LogP contribution in [0.3, 0.4) is 0 Å². The number of halogens is 1. The summed E-state index contributed by atoms with van der Waals surface area (Å²) in [5.74, 6) is -1.82. The zero-order chi connectivity index (χ0) is 16.0. The van der Waals surface area contributed by atoms with Crippen molar-refractivity contribution in [1.82, 2.24) is 4.90 Å². The van der Waals surface area contributed by atoms with Crippen molar-refractivity contribution in [2.24, 2.45) is 0 Å². The lowest BCUT2D eigenvalue weighted by Gasteiger charge is -2.18. The fourth-order valence-electron chi connectivity index (χ4n) is 1.53. The first-order chi connectivity index (χ1) is 9.86. The van der Waals surface area contributed by atoms with E-state index in [9.17, 15) is 14.4 Å². The Morgan fingerprint density at radius 2 is 2.05 bits per heavy atom. The number of rotatable bonds is 5. The summed E-state index contributed by atoms with van der Waals surface area (Å²) < 4.78 is 4.72. The average molecular weight is 315 g/mol. The van der Waals surface area contributed by atoms with E-state index in [1.165, 1.54) is 25.2 Å². The molecule has 0 fully saturated rings. The third-order valence-electron chi connectivity index (χ3n) is 2.49. The summed E-state index contributed by atoms with van der Waals surface area (Å²) >= 11 is 5.79. The minimum absolute atomic E-state index is 0.00773. The van der Waals surface area contributed by atoms with Crippen molar-refractivity contribution in [2.45, 2.75) is 6.92 Å². The van der Waals surface area contributed by atoms with Crippen LogP contribution in [-0.2, 0) is 9.53 Å². The number of nitrogens with zero attached hydrogens (tertiary/aromatic N) is 1. The van der Waals surface area contributed by atoms with Crippen molar-refractivity contribution in [3.8, 4) is 0 Å². The number of nitrogens with one attached hydrogen (secondary N) is 1. The van der Waals surface area contributed by atoms with Gasteiger partial charge >= 0.3 is 18.0 Å². The Kier molecular flexibility index (Phi) is 5.98. The van der Waals surface area contributed by atoms with Gasteiger partial charge in [-0.1, -0.05) is 17.7 Å². The van der Waals surface area contributed by atoms with Gasteiger partial charge < -0.3 is 20.1 Å². The minimum atomic E-state index is -1.26. The predicted molar refractivity (Wildman–Crippen MR) is 76.7 cm³/mol. The highest BCUT2D eigenvalue weighted by molar-refractivity contribution is 6.34. The lowest BCUT2D eigenvalue weighted by atomic mass is 10.2. The summed E-state index contributed by atoms with van der Waals surface area (Å²) in [6.07, 6.45) is 0. The van der Waals surface area contributed by atoms with Crippen LogP contribution in [0, 0.1) is 0 Å². The van der Waals surface area contributed by atoms with Crippen LogP contribution >= 0.6 is 11.6 Å². The van der Waals surface area contributed by atoms with Crippen LogP contribution in [-0.4, -0.2) is 48.2 Å². The van der Waals surface area contributed by atoms with Gasteiger partial charge in [0.05, 0.1) is 17.3 Å². The Bertz CT molecular complexity index is 561. The highest BCUT2D eigenvalue weighted by Crippen LogP contribution is 2.24. The van der Waals surface area contributed by atoms with Crippen LogP contribution in [0.25, 0.3) is 0 Å². The molecule has 7 nitrogen and oxygen atoms in total. The number of carbonyl (C=O) groups excluding carboxylic acids is 2. The lowest BCUT2D eigenvalue weighted by Crippen LogP contribution is -2.36. The van der Waals surface area contributed by atoms with Crippen molar-refractivity contribution >= 4 is 35.3 Å². The number of hydrogen-bond acceptors (Lipinski definition) is 4. The van der Waals surface area contributed by atoms with Gasteiger partial charge in [-0.3, -0.25) is 4.79 Å². The van der Waals surface area contributed by atoms with Crippen molar-refractivity contribution in [2.75, 3.05) is 25.5 Å². The first-order valence-electron chi connectivity index (χ1n) is 6.06. The molecule has 114 valence electrons. The van der Waals surface area contributed by atoms with E-state index in [1.54, 1.807) is 6.92 Å². The van der Waals surface area contributed by atoms with Gasteiger partial charge in [0.1, 0.15) is 12.1 Å². The molecule has 0 aliphatic rings. The number of hydrogen-bond donors (Lipinski definition) is 2. The van der Waals surface area contributed by atoms with Crippen molar-refractivity contribution in [3.05, 3.63) is 28.8 Å². The van der Waals surface area contributed by atoms with E-state index in [0.717, 1.165) is 4.90 Å². The maximum Gasteiger partial charge on any atom is 0.339 e. The third kappa shape index (κ3) is 4.64. The highest BCUT2D eigenvalue weighted by atomic mass is 35.5. The van der Waals surface area contributed by atoms with E-state index in [2.05, 4.69) is 5.32 Å². The molecule has 2 amide bonds. The van der Waals surface area contributed by atoms with Crippen LogP contribution in [0.2, 0.25) is 5.02 Å². The molecule has 0 bridgehead atoms. The van der Waals surface area contributed by atoms with Gasteiger partial charge in [-0.15, -0.1) is 0 Å². The van der Waals surface area contributed by atoms with Crippen LogP contribution < -0.4 is 5.32 Å². The summed E-state index contributed by atoms with van der Waals surface area (Å²) in [5.41, 5.74) is -0.159. The van der Waals surface area contributed by atoms with Gasteiger partial charge in [0.2, 0.25) is 0 Å². The van der Waals surface area contributed by atoms with E-state index < -0.39 is 18.0 Å². The number of anilines is 1. The van der Waals surface area contributed by atoms with Crippen molar-refractivity contribution in [1.29, 1.82) is 0 Å². The second-order valence-corrected chi connectivity index (χ2v) is 4.47. The summed E-state index contributed by atoms with van der Waals surface area (Å²) in [6, 6.07) is 3.68. The van der Waals surface area contributed by atoms with Gasteiger partial charge in [0, 0.05) is 7.05 Å². The number of carbonyl (C=O) groups is 3. The monoisotopic (exact) mass is 314 g/mol. The largest absolute Gasteiger partial charge is 0.478 e. The summed E-state index contributed by atoms with van der Waals surface area (Å²) in [4.78, 5) is 35.4. The number of ether oxygens (including phenoxy) is 1. The zero-order valence-electron chi connectivity index (χ0n) is 11.6. The summed E-state index contributed by atoms with van der Waals surface area (Å²) in [7, 11) is 1.39. The van der Waals surface area contributed by atoms with E-state index in [0.29, 0.717) is 0 Å². The highest BCUT2D eigenvalue weighted by Gasteiger charge is 2.19. The molecule has 0 aliphatic carbocycles. The number of urea groups is 1. The molecule has 0 atom stereocenters. The van der Waals surface area contributed by atoms with Crippen LogP contribution in [0.1, 0.15) is 17.3 Å². The maximum absolute atomic E-state index is 11.9. The molecule has 21 heavy (non-hydrogen) atoms. The number of carboxylic acids is 1. The van der Waals surface area contributed by atoms with Gasteiger partial charge in [-0.05, 0) is 19.1 Å². The van der Waals surface area contributed by atoms with Crippen LogP contribution in [0.4, 0.5) is 10.5 Å². The SMILES string of the molecule is CCOC(=O)CN(C)C(=O)Nc1cccc(Cl)c1C(=O)O. The van der Waals surface area contributed by atoms with Gasteiger partial charge in [-0.2, -0.15) is 0 Å². The zero-order valence-corrected chi connectivity index (χ0v) is 12.3. The number of likely N-dealkylation sites (N-methyl/N-ethyl adjacent to an activating group) is 1. The summed E-state index contributed by atoms with van der Waals surface area (Å²) in [5, 5.41) is 11.5. The molecule has 0 aromatic heterocycles. The molecule has 0 heterocycles. The van der Waals surface area contributed by atoms with Crippen LogP contribution in [0.5, 0.6) is 0 Å². The topological polar surface area (TPSA) is 95.9 Å². The second-order valence-electron chi connectivity index (χ2n) is 4.06. The fraction of sp³-hybridized carbons (Fsp3) is 0.308. The molecule has 1 aromatic carbocycles. The minimum Gasteiger partial charge on any atom is -0.478 e. The Labute approximate surface area is 126 Å².